The van der Waals surface area contributed by atoms with Crippen LogP contribution in [-0.4, -0.2) is 25.2 Å². The van der Waals surface area contributed by atoms with Gasteiger partial charge in [-0.25, -0.2) is 9.59 Å². The minimum Gasteiger partial charge on any atom is -0.463 e. The number of halogens is 1. The molecule has 0 fully saturated rings. The fourth-order valence-electron chi connectivity index (χ4n) is 3.19. The highest BCUT2D eigenvalue weighted by Crippen LogP contribution is 2.38. The summed E-state index contributed by atoms with van der Waals surface area (Å²) in [6.07, 6.45) is 3.41. The highest BCUT2D eigenvalue weighted by molar-refractivity contribution is 6.30. The Labute approximate surface area is 175 Å². The summed E-state index contributed by atoms with van der Waals surface area (Å²) < 4.78 is 10.6. The van der Waals surface area contributed by atoms with Crippen molar-refractivity contribution in [3.05, 3.63) is 88.7 Å². The van der Waals surface area contributed by atoms with E-state index in [4.69, 9.17) is 21.1 Å². The third-order valence-electron chi connectivity index (χ3n) is 4.46. The largest absolute Gasteiger partial charge is 0.463 e. The number of ether oxygens (including phenoxy) is 2. The number of esters is 2. The number of benzene rings is 2. The van der Waals surface area contributed by atoms with Crippen LogP contribution < -0.4 is 4.90 Å². The molecule has 0 N–H and O–H groups in total. The standard InChI is InChI=1S/C23H22ClNO4/c1-3-28-22(26)19-14-25(18-8-6-5-7-9-18)15-20(23(27)29-4-2)21(19)16-10-12-17(24)13-11-16/h5-15,21H,3-4H2,1-2H3. The molecule has 2 aromatic rings. The average Bonchev–Trinajstić information content (AvgIpc) is 2.74. The minimum absolute atomic E-state index is 0.229. The third-order valence-corrected chi connectivity index (χ3v) is 4.71. The highest BCUT2D eigenvalue weighted by atomic mass is 35.5. The molecule has 2 aromatic carbocycles. The fraction of sp³-hybridized carbons (Fsp3) is 0.217. The maximum absolute atomic E-state index is 12.8. The van der Waals surface area contributed by atoms with Crippen LogP contribution in [0.5, 0.6) is 0 Å². The van der Waals surface area contributed by atoms with E-state index >= 15 is 0 Å². The second-order valence-corrected chi connectivity index (χ2v) is 6.77. The first-order valence-corrected chi connectivity index (χ1v) is 9.79. The number of para-hydroxylation sites is 1. The summed E-state index contributed by atoms with van der Waals surface area (Å²) in [6, 6.07) is 16.5. The molecule has 3 rings (SSSR count). The van der Waals surface area contributed by atoms with E-state index in [2.05, 4.69) is 0 Å². The van der Waals surface area contributed by atoms with E-state index in [1.807, 2.05) is 30.3 Å². The Morgan fingerprint density at radius 3 is 1.86 bits per heavy atom. The number of hydrogen-bond acceptors (Lipinski definition) is 5. The first-order valence-electron chi connectivity index (χ1n) is 9.41. The number of carbonyl (C=O) groups is 2. The predicted molar refractivity (Wildman–Crippen MR) is 113 cm³/mol. The second-order valence-electron chi connectivity index (χ2n) is 6.34. The summed E-state index contributed by atoms with van der Waals surface area (Å²) in [7, 11) is 0. The van der Waals surface area contributed by atoms with Gasteiger partial charge in [0.25, 0.3) is 0 Å². The quantitative estimate of drug-likeness (QED) is 0.637. The SMILES string of the molecule is CCOC(=O)C1=CN(c2ccccc2)C=C(C(=O)OCC)C1c1ccc(Cl)cc1. The van der Waals surface area contributed by atoms with Gasteiger partial charge in [0.15, 0.2) is 0 Å². The van der Waals surface area contributed by atoms with Crippen molar-refractivity contribution in [2.24, 2.45) is 0 Å². The maximum Gasteiger partial charge on any atom is 0.336 e. The lowest BCUT2D eigenvalue weighted by Gasteiger charge is -2.30. The Balaban J connectivity index is 2.15. The summed E-state index contributed by atoms with van der Waals surface area (Å²) in [5.74, 6) is -1.59. The molecule has 0 unspecified atom stereocenters. The van der Waals surface area contributed by atoms with Crippen molar-refractivity contribution in [3.8, 4) is 0 Å². The summed E-state index contributed by atoms with van der Waals surface area (Å²) in [6.45, 7) is 3.95. The van der Waals surface area contributed by atoms with Crippen LogP contribution in [0.25, 0.3) is 0 Å². The predicted octanol–water partition coefficient (Wildman–Crippen LogP) is 4.84. The molecule has 0 saturated heterocycles. The van der Waals surface area contributed by atoms with Crippen molar-refractivity contribution in [2.45, 2.75) is 19.8 Å². The molecule has 5 nitrogen and oxygen atoms in total. The van der Waals surface area contributed by atoms with E-state index in [0.29, 0.717) is 16.2 Å². The van der Waals surface area contributed by atoms with Gasteiger partial charge in [-0.05, 0) is 43.7 Å². The lowest BCUT2D eigenvalue weighted by atomic mass is 9.83. The van der Waals surface area contributed by atoms with Crippen LogP contribution in [0, 0.1) is 0 Å². The smallest absolute Gasteiger partial charge is 0.336 e. The summed E-state index contributed by atoms with van der Waals surface area (Å²) in [4.78, 5) is 27.4. The van der Waals surface area contributed by atoms with Crippen LogP contribution in [0.1, 0.15) is 25.3 Å². The number of hydrogen-bond donors (Lipinski definition) is 0. The van der Waals surface area contributed by atoms with Crippen LogP contribution >= 0.6 is 11.6 Å². The van der Waals surface area contributed by atoms with Crippen LogP contribution in [-0.2, 0) is 19.1 Å². The molecule has 1 heterocycles. The number of rotatable bonds is 6. The van der Waals surface area contributed by atoms with Crippen molar-refractivity contribution < 1.29 is 19.1 Å². The van der Waals surface area contributed by atoms with Crippen LogP contribution in [0.4, 0.5) is 5.69 Å². The van der Waals surface area contributed by atoms with E-state index in [9.17, 15) is 9.59 Å². The molecule has 0 bridgehead atoms. The van der Waals surface area contributed by atoms with Gasteiger partial charge >= 0.3 is 11.9 Å². The van der Waals surface area contributed by atoms with Gasteiger partial charge in [0.2, 0.25) is 0 Å². The summed E-state index contributed by atoms with van der Waals surface area (Å²) in [5, 5.41) is 0.568. The molecule has 0 aromatic heterocycles. The minimum atomic E-state index is -0.620. The fourth-order valence-corrected chi connectivity index (χ4v) is 3.31. The molecule has 0 spiro atoms. The molecule has 1 aliphatic heterocycles. The second kappa shape index (κ2) is 9.43. The molecule has 0 amide bonds. The molecule has 0 saturated carbocycles. The van der Waals surface area contributed by atoms with Gasteiger partial charge in [0.05, 0.1) is 30.3 Å². The van der Waals surface area contributed by atoms with E-state index < -0.39 is 17.9 Å². The number of nitrogens with zero attached hydrogens (tertiary/aromatic N) is 1. The lowest BCUT2D eigenvalue weighted by Crippen LogP contribution is -2.29. The summed E-state index contributed by atoms with van der Waals surface area (Å²) >= 11 is 6.03. The zero-order valence-corrected chi connectivity index (χ0v) is 17.1. The third kappa shape index (κ3) is 4.69. The van der Waals surface area contributed by atoms with Gasteiger partial charge < -0.3 is 14.4 Å². The molecular weight excluding hydrogens is 390 g/mol. The van der Waals surface area contributed by atoms with Crippen LogP contribution in [0.15, 0.2) is 78.1 Å². The normalized spacial score (nSPS) is 14.1. The van der Waals surface area contributed by atoms with Crippen molar-refractivity contribution in [3.63, 3.8) is 0 Å². The van der Waals surface area contributed by atoms with Gasteiger partial charge in [-0.1, -0.05) is 41.9 Å². The summed E-state index contributed by atoms with van der Waals surface area (Å²) in [5.41, 5.74) is 2.26. The Bertz CT molecular complexity index is 899. The van der Waals surface area contributed by atoms with Crippen LogP contribution in [0.3, 0.4) is 0 Å². The molecular formula is C23H22ClNO4. The molecule has 29 heavy (non-hydrogen) atoms. The Hall–Kier alpha value is -3.05. The van der Waals surface area contributed by atoms with Gasteiger partial charge in [-0.15, -0.1) is 0 Å². The van der Waals surface area contributed by atoms with Gasteiger partial charge in [-0.2, -0.15) is 0 Å². The Kier molecular flexibility index (Phi) is 6.73. The monoisotopic (exact) mass is 411 g/mol. The maximum atomic E-state index is 12.8. The molecule has 0 atom stereocenters. The average molecular weight is 412 g/mol. The van der Waals surface area contributed by atoms with E-state index in [1.54, 1.807) is 55.4 Å². The van der Waals surface area contributed by atoms with Gasteiger partial charge in [0, 0.05) is 23.1 Å². The molecule has 1 aliphatic rings. The Morgan fingerprint density at radius 2 is 1.38 bits per heavy atom. The van der Waals surface area contributed by atoms with E-state index in [1.165, 1.54) is 0 Å². The molecule has 0 radical (unpaired) electrons. The number of anilines is 1. The highest BCUT2D eigenvalue weighted by Gasteiger charge is 2.35. The zero-order valence-electron chi connectivity index (χ0n) is 16.3. The first kappa shape index (κ1) is 20.7. The van der Waals surface area contributed by atoms with E-state index in [0.717, 1.165) is 11.3 Å². The topological polar surface area (TPSA) is 55.8 Å². The van der Waals surface area contributed by atoms with Gasteiger partial charge in [0.1, 0.15) is 0 Å². The first-order chi connectivity index (χ1) is 14.0. The van der Waals surface area contributed by atoms with Crippen molar-refractivity contribution in [1.29, 1.82) is 0 Å². The van der Waals surface area contributed by atoms with Crippen molar-refractivity contribution in [1.82, 2.24) is 0 Å². The Morgan fingerprint density at radius 1 is 0.862 bits per heavy atom. The molecule has 6 heteroatoms. The van der Waals surface area contributed by atoms with Crippen molar-refractivity contribution >= 4 is 29.2 Å². The number of carbonyl (C=O) groups excluding carboxylic acids is 2. The zero-order chi connectivity index (χ0) is 20.8. The van der Waals surface area contributed by atoms with Gasteiger partial charge in [-0.3, -0.25) is 0 Å². The van der Waals surface area contributed by atoms with E-state index in [-0.39, 0.29) is 13.2 Å². The molecule has 150 valence electrons. The van der Waals surface area contributed by atoms with Crippen LogP contribution in [0.2, 0.25) is 5.02 Å². The molecule has 0 aliphatic carbocycles. The lowest BCUT2D eigenvalue weighted by molar-refractivity contribution is -0.139. The van der Waals surface area contributed by atoms with Crippen molar-refractivity contribution in [2.75, 3.05) is 18.1 Å².